The molecule has 0 atom stereocenters. The number of rotatable bonds is 10. The van der Waals surface area contributed by atoms with E-state index >= 15 is 0 Å². The Kier molecular flexibility index (Phi) is 9.02. The SMILES string of the molecule is CCOC(=O)C(CC)(CC)NCCN(CC)CC. The fourth-order valence-electron chi connectivity index (χ4n) is 2.12. The summed E-state index contributed by atoms with van der Waals surface area (Å²) >= 11 is 0. The Morgan fingerprint density at radius 2 is 1.67 bits per heavy atom. The van der Waals surface area contributed by atoms with Crippen molar-refractivity contribution in [1.82, 2.24) is 10.2 Å². The van der Waals surface area contributed by atoms with Gasteiger partial charge in [-0.3, -0.25) is 4.79 Å². The van der Waals surface area contributed by atoms with Crippen molar-refractivity contribution in [3.63, 3.8) is 0 Å². The molecule has 0 aromatic rings. The van der Waals surface area contributed by atoms with Crippen LogP contribution in [0.1, 0.15) is 47.5 Å². The first kappa shape index (κ1) is 17.4. The van der Waals surface area contributed by atoms with Crippen molar-refractivity contribution < 1.29 is 9.53 Å². The lowest BCUT2D eigenvalue weighted by atomic mass is 9.93. The van der Waals surface area contributed by atoms with Crippen molar-refractivity contribution in [2.45, 2.75) is 53.0 Å². The van der Waals surface area contributed by atoms with E-state index in [4.69, 9.17) is 4.74 Å². The minimum absolute atomic E-state index is 0.116. The molecule has 1 N–H and O–H groups in total. The highest BCUT2D eigenvalue weighted by molar-refractivity contribution is 5.80. The Hall–Kier alpha value is -0.610. The molecule has 0 unspecified atom stereocenters. The van der Waals surface area contributed by atoms with Crippen molar-refractivity contribution >= 4 is 5.97 Å². The molecule has 0 aromatic heterocycles. The van der Waals surface area contributed by atoms with Crippen molar-refractivity contribution in [3.8, 4) is 0 Å². The van der Waals surface area contributed by atoms with Gasteiger partial charge in [-0.25, -0.2) is 0 Å². The highest BCUT2D eigenvalue weighted by atomic mass is 16.5. The van der Waals surface area contributed by atoms with Gasteiger partial charge in [-0.15, -0.1) is 0 Å². The highest BCUT2D eigenvalue weighted by Crippen LogP contribution is 2.17. The smallest absolute Gasteiger partial charge is 0.326 e. The number of esters is 1. The molecule has 0 aliphatic rings. The van der Waals surface area contributed by atoms with E-state index in [1.54, 1.807) is 0 Å². The minimum atomic E-state index is -0.511. The van der Waals surface area contributed by atoms with Crippen LogP contribution in [-0.4, -0.2) is 49.2 Å². The summed E-state index contributed by atoms with van der Waals surface area (Å²) < 4.78 is 5.18. The second-order valence-electron chi connectivity index (χ2n) is 4.46. The third-order valence-corrected chi connectivity index (χ3v) is 3.66. The molecule has 0 amide bonds. The zero-order valence-electron chi connectivity index (χ0n) is 12.7. The minimum Gasteiger partial charge on any atom is -0.465 e. The number of nitrogens with zero attached hydrogens (tertiary/aromatic N) is 1. The largest absolute Gasteiger partial charge is 0.465 e. The molecule has 0 heterocycles. The van der Waals surface area contributed by atoms with E-state index in [-0.39, 0.29) is 5.97 Å². The lowest BCUT2D eigenvalue weighted by molar-refractivity contribution is -0.151. The van der Waals surface area contributed by atoms with Gasteiger partial charge < -0.3 is 15.0 Å². The average molecular weight is 258 g/mol. The third-order valence-electron chi connectivity index (χ3n) is 3.66. The van der Waals surface area contributed by atoms with Crippen molar-refractivity contribution in [3.05, 3.63) is 0 Å². The predicted molar refractivity (Wildman–Crippen MR) is 75.7 cm³/mol. The Bertz CT molecular complexity index is 224. The predicted octanol–water partition coefficient (Wildman–Crippen LogP) is 2.04. The summed E-state index contributed by atoms with van der Waals surface area (Å²) in [7, 11) is 0. The van der Waals surface area contributed by atoms with Crippen molar-refractivity contribution in [2.75, 3.05) is 32.8 Å². The third kappa shape index (κ3) is 4.94. The topological polar surface area (TPSA) is 41.6 Å². The summed E-state index contributed by atoms with van der Waals surface area (Å²) in [5.74, 6) is -0.116. The molecule has 0 radical (unpaired) electrons. The molecule has 0 saturated carbocycles. The summed E-state index contributed by atoms with van der Waals surface area (Å²) in [5, 5.41) is 3.40. The summed E-state index contributed by atoms with van der Waals surface area (Å²) in [6, 6.07) is 0. The van der Waals surface area contributed by atoms with E-state index in [9.17, 15) is 4.79 Å². The van der Waals surface area contributed by atoms with Gasteiger partial charge in [0.05, 0.1) is 6.61 Å². The van der Waals surface area contributed by atoms with Crippen LogP contribution in [0.3, 0.4) is 0 Å². The zero-order valence-corrected chi connectivity index (χ0v) is 12.7. The monoisotopic (exact) mass is 258 g/mol. The molecule has 0 aliphatic heterocycles. The highest BCUT2D eigenvalue weighted by Gasteiger charge is 2.35. The van der Waals surface area contributed by atoms with Gasteiger partial charge in [0.1, 0.15) is 5.54 Å². The van der Waals surface area contributed by atoms with Gasteiger partial charge in [-0.1, -0.05) is 27.7 Å². The van der Waals surface area contributed by atoms with Crippen LogP contribution in [0.4, 0.5) is 0 Å². The van der Waals surface area contributed by atoms with Gasteiger partial charge in [0, 0.05) is 13.1 Å². The van der Waals surface area contributed by atoms with Crippen LogP contribution in [0, 0.1) is 0 Å². The summed E-state index contributed by atoms with van der Waals surface area (Å²) in [5.41, 5.74) is -0.511. The molecular formula is C14H30N2O2. The molecule has 0 aromatic carbocycles. The van der Waals surface area contributed by atoms with Crippen molar-refractivity contribution in [1.29, 1.82) is 0 Å². The first-order valence-corrected chi connectivity index (χ1v) is 7.24. The van der Waals surface area contributed by atoms with Crippen molar-refractivity contribution in [2.24, 2.45) is 0 Å². The number of hydrogen-bond donors (Lipinski definition) is 1. The normalized spacial score (nSPS) is 11.9. The maximum Gasteiger partial charge on any atom is 0.326 e. The number of nitrogens with one attached hydrogen (secondary N) is 1. The van der Waals surface area contributed by atoms with E-state index < -0.39 is 5.54 Å². The van der Waals surface area contributed by atoms with Gasteiger partial charge in [-0.2, -0.15) is 0 Å². The quantitative estimate of drug-likeness (QED) is 0.609. The number of hydrogen-bond acceptors (Lipinski definition) is 4. The van der Waals surface area contributed by atoms with Crippen LogP contribution in [0.2, 0.25) is 0 Å². The molecule has 0 saturated heterocycles. The van der Waals surface area contributed by atoms with E-state index in [1.807, 2.05) is 20.8 Å². The van der Waals surface area contributed by atoms with Crippen LogP contribution in [0.5, 0.6) is 0 Å². The molecule has 4 heteroatoms. The Morgan fingerprint density at radius 3 is 2.06 bits per heavy atom. The van der Waals surface area contributed by atoms with Gasteiger partial charge in [0.25, 0.3) is 0 Å². The first-order chi connectivity index (χ1) is 8.60. The number of ether oxygens (including phenoxy) is 1. The fraction of sp³-hybridized carbons (Fsp3) is 0.929. The maximum absolute atomic E-state index is 12.0. The molecule has 0 bridgehead atoms. The molecule has 0 spiro atoms. The lowest BCUT2D eigenvalue weighted by Crippen LogP contribution is -2.54. The lowest BCUT2D eigenvalue weighted by Gasteiger charge is -2.31. The molecule has 0 fully saturated rings. The van der Waals surface area contributed by atoms with Crippen LogP contribution in [-0.2, 0) is 9.53 Å². The Labute approximate surface area is 112 Å². The van der Waals surface area contributed by atoms with Gasteiger partial charge in [-0.05, 0) is 32.9 Å². The van der Waals surface area contributed by atoms with E-state index in [2.05, 4.69) is 24.1 Å². The van der Waals surface area contributed by atoms with Gasteiger partial charge >= 0.3 is 5.97 Å². The van der Waals surface area contributed by atoms with E-state index in [0.717, 1.165) is 39.0 Å². The molecule has 4 nitrogen and oxygen atoms in total. The van der Waals surface area contributed by atoms with Crippen LogP contribution in [0.15, 0.2) is 0 Å². The van der Waals surface area contributed by atoms with Crippen LogP contribution < -0.4 is 5.32 Å². The van der Waals surface area contributed by atoms with Gasteiger partial charge in [0.2, 0.25) is 0 Å². The molecular weight excluding hydrogens is 228 g/mol. The number of carbonyl (C=O) groups is 1. The Balaban J connectivity index is 4.38. The zero-order chi connectivity index (χ0) is 14.0. The van der Waals surface area contributed by atoms with Crippen LogP contribution >= 0.6 is 0 Å². The molecule has 0 rings (SSSR count). The Morgan fingerprint density at radius 1 is 1.11 bits per heavy atom. The first-order valence-electron chi connectivity index (χ1n) is 7.24. The van der Waals surface area contributed by atoms with Gasteiger partial charge in [0.15, 0.2) is 0 Å². The van der Waals surface area contributed by atoms with Crippen LogP contribution in [0.25, 0.3) is 0 Å². The number of carbonyl (C=O) groups excluding carboxylic acids is 1. The molecule has 18 heavy (non-hydrogen) atoms. The van der Waals surface area contributed by atoms with E-state index in [0.29, 0.717) is 6.61 Å². The second kappa shape index (κ2) is 9.34. The fourth-order valence-corrected chi connectivity index (χ4v) is 2.12. The van der Waals surface area contributed by atoms with E-state index in [1.165, 1.54) is 0 Å². The summed E-state index contributed by atoms with van der Waals surface area (Å²) in [6.45, 7) is 14.5. The maximum atomic E-state index is 12.0. The summed E-state index contributed by atoms with van der Waals surface area (Å²) in [4.78, 5) is 14.4. The summed E-state index contributed by atoms with van der Waals surface area (Å²) in [6.07, 6.45) is 1.53. The second-order valence-corrected chi connectivity index (χ2v) is 4.46. The molecule has 0 aliphatic carbocycles. The standard InChI is InChI=1S/C14H30N2O2/c1-6-14(7-2,13(17)18-10-5)15-11-12-16(8-3)9-4/h15H,6-12H2,1-5H3. The average Bonchev–Trinajstić information content (AvgIpc) is 2.40. The molecule has 108 valence electrons. The number of likely N-dealkylation sites (N-methyl/N-ethyl adjacent to an activating group) is 1.